The van der Waals surface area contributed by atoms with Gasteiger partial charge in [0.15, 0.2) is 0 Å². The SMILES string of the molecule is O=C(O)C1=C2C3c4c(c5c([14C](=O)O)cc6c7c8c9c%10c%11c%12c%13c%14ccc%15c%16ccc%17c%18c%19c%20c(c4c4c5c6c9c5c%11c(c%13%15)c(c%18%16)c%20c45)C4=C5C%19[C@H]6C%17=CC[C@@H]9C6[C@@H]6C5[C@@H]5C([C@H]43)[C@@H]3C2CCC2C4CCC%11C(C(C(=O)O)C=7)C8C7C%10=C8C%12C%10C%14=CC[C@@H]%12C%13CC[C@H]9[C@H]9C%13C%13C([C@@H]8C8C%14C%13[C@H]([C@@H]69)[C@H]5[C@@H](C%14C4[C@H]%11C78)[C@@H]23)[C@H]%10%12)=C1. The van der Waals surface area contributed by atoms with Gasteiger partial charge in [0.1, 0.15) is 0 Å². The molecule has 20 bridgehead atoms. The number of aromatic carboxylic acids is 1. The van der Waals surface area contributed by atoms with Gasteiger partial charge in [-0.3, -0.25) is 4.79 Å². The van der Waals surface area contributed by atoms with Crippen molar-refractivity contribution < 1.29 is 29.7 Å². The van der Waals surface area contributed by atoms with Crippen LogP contribution in [0.3, 0.4) is 0 Å². The van der Waals surface area contributed by atoms with Crippen LogP contribution in [0.15, 0.2) is 64.8 Å². The number of fused-ring (bicyclic) bond motifs is 10. The summed E-state index contributed by atoms with van der Waals surface area (Å²) in [5, 5.41) is 72.1. The normalized spacial score (nSPS) is 53.0. The Morgan fingerprint density at radius 2 is 0.807 bits per heavy atom. The molecule has 41 rings (SSSR count). The molecule has 16 saturated carbocycles. The molecule has 16 fully saturated rings. The zero-order valence-electron chi connectivity index (χ0n) is 59.7. The maximum Gasteiger partial charge on any atom is 0.336 e. The Balaban J connectivity index is 0.878. The van der Waals surface area contributed by atoms with Gasteiger partial charge in [0, 0.05) is 28.5 Å². The minimum atomic E-state index is -0.941. The van der Waals surface area contributed by atoms with Crippen LogP contribution in [0.4, 0.5) is 0 Å². The predicted molar refractivity (Wildman–Crippen MR) is 414 cm³/mol. The van der Waals surface area contributed by atoms with Gasteiger partial charge in [-0.1, -0.05) is 53.6 Å². The van der Waals surface area contributed by atoms with Gasteiger partial charge < -0.3 is 15.3 Å². The van der Waals surface area contributed by atoms with Gasteiger partial charge in [-0.2, -0.15) is 0 Å². The fourth-order valence-corrected chi connectivity index (χ4v) is 48.0. The van der Waals surface area contributed by atoms with Crippen molar-refractivity contribution in [3.8, 4) is 0 Å². The van der Waals surface area contributed by atoms with Gasteiger partial charge in [-0.05, 0) is 479 Å². The number of benzene rings is 12. The van der Waals surface area contributed by atoms with E-state index in [0.29, 0.717) is 159 Å². The minimum Gasteiger partial charge on any atom is -0.481 e. The van der Waals surface area contributed by atoms with Crippen molar-refractivity contribution >= 4 is 171 Å². The first-order valence-corrected chi connectivity index (χ1v) is 44.9. The molecule has 29 aliphatic rings. The summed E-state index contributed by atoms with van der Waals surface area (Å²) in [6.45, 7) is 0. The lowest BCUT2D eigenvalue weighted by atomic mass is 9.16. The van der Waals surface area contributed by atoms with Crippen molar-refractivity contribution in [2.24, 2.45) is 225 Å². The zero-order chi connectivity index (χ0) is 67.7. The molecule has 0 aromatic heterocycles. The molecule has 29 aliphatic carbocycles. The summed E-state index contributed by atoms with van der Waals surface area (Å²) in [6, 6.07) is 13.2. The van der Waals surface area contributed by atoms with Crippen LogP contribution in [-0.2, 0) is 9.59 Å². The second-order valence-electron chi connectivity index (χ2n) is 45.2. The largest absolute Gasteiger partial charge is 0.481 e. The molecular formula is C103H70O6. The molecule has 109 heavy (non-hydrogen) atoms. The fraction of sp³-hybridized carbons (Fsp3) is 0.485. The highest BCUT2D eigenvalue weighted by Crippen LogP contribution is 2.95. The maximum atomic E-state index is 15.8. The van der Waals surface area contributed by atoms with Crippen LogP contribution in [0, 0.1) is 225 Å². The molecule has 0 heterocycles. The highest BCUT2D eigenvalue weighted by atomic mass is 16.6. The third-order valence-electron chi connectivity index (χ3n) is 46.5. The molecule has 0 aliphatic heterocycles. The lowest BCUT2D eigenvalue weighted by Crippen LogP contribution is -2.84. The molecule has 3 N–H and O–H groups in total. The Kier molecular flexibility index (Phi) is 6.39. The van der Waals surface area contributed by atoms with Crippen molar-refractivity contribution in [1.29, 1.82) is 0 Å². The minimum absolute atomic E-state index is 0.0268. The number of hydrogen-bond acceptors (Lipinski definition) is 3. The number of carbonyl (C=O) groups is 3. The highest BCUT2D eigenvalue weighted by molar-refractivity contribution is 6.60. The molecule has 42 atom stereocenters. The maximum absolute atomic E-state index is 15.8. The van der Waals surface area contributed by atoms with E-state index in [2.05, 4.69) is 54.6 Å². The molecule has 6 heteroatoms. The number of aliphatic carboxylic acids is 2. The van der Waals surface area contributed by atoms with Gasteiger partial charge in [-0.15, -0.1) is 0 Å². The lowest BCUT2D eigenvalue weighted by molar-refractivity contribution is -0.384. The second-order valence-corrected chi connectivity index (χ2v) is 45.2. The van der Waals surface area contributed by atoms with E-state index < -0.39 is 23.8 Å². The Morgan fingerprint density at radius 1 is 0.358 bits per heavy atom. The van der Waals surface area contributed by atoms with Crippen LogP contribution in [0.5, 0.6) is 0 Å². The van der Waals surface area contributed by atoms with Crippen molar-refractivity contribution in [2.75, 3.05) is 0 Å². The van der Waals surface area contributed by atoms with E-state index in [1.807, 2.05) is 16.7 Å². The topological polar surface area (TPSA) is 112 Å². The van der Waals surface area contributed by atoms with Gasteiger partial charge in [-0.25, -0.2) is 9.59 Å². The summed E-state index contributed by atoms with van der Waals surface area (Å²) < 4.78 is 0. The van der Waals surface area contributed by atoms with Crippen LogP contribution in [-0.4, -0.2) is 33.2 Å². The van der Waals surface area contributed by atoms with Crippen LogP contribution in [0.1, 0.15) is 130 Å². The third kappa shape index (κ3) is 3.79. The summed E-state index contributed by atoms with van der Waals surface area (Å²) in [6.07, 6.45) is 20.8. The first-order chi connectivity index (χ1) is 53.8. The van der Waals surface area contributed by atoms with Gasteiger partial charge in [0.2, 0.25) is 0 Å². The third-order valence-corrected chi connectivity index (χ3v) is 46.5. The van der Waals surface area contributed by atoms with Crippen molar-refractivity contribution in [3.05, 3.63) is 125 Å². The predicted octanol–water partition coefficient (Wildman–Crippen LogP) is 18.3. The summed E-state index contributed by atoms with van der Waals surface area (Å²) in [5.74, 6) is 18.8. The van der Waals surface area contributed by atoms with Crippen LogP contribution < -0.4 is 10.4 Å². The molecule has 0 spiro atoms. The average Bonchev–Trinajstić information content (AvgIpc) is 0.599. The standard InChI is InChI=1S/C103H70O6/c104-101(105)35-15-32-33-16-36(102(106)107)40-34-17-37(103(108)109)39-31-14-12-29-28-11-13-30-38(35)58-55(32)75-76-56(33)60(40)80-77-57(34)59(39)79-74-54(31)52(29)72-71-51(28)53(30)73-78(58)98-90-68-48-25-8-5-20-18-1-2-19-21-6-9-27-24-7-10-26-23-4-3-22(25)43-44(23)66-69-50(26)47(24)67-70-49(27)46(21)64-62-42(19)41(18)61-63(45(20)48)85(90)93(73)88(71)81(61)82(62)89(72)94(74)86(64)91(70)99(79)97(77)87(67)92(69)100(80)96(76)84(66)83(65(43)68)95(75)98/h3-4,7-10,15-21,28-31,35,38,41-42,45-46,48-49,51-54,58-59,61-64,68,70-74,78-79,81-82,85-86,88-89,93-94H,1-2,5-6,11-14H2,(H,104,105)(H,106,107)(H,108,109)/t18?,19-,20-,21+,28?,29?,30?,31?,35?,38?,41?,42+,45+,46?,48?,49+,51?,52+,53+,54-,58?,59?,61?,62-,63?,64+,68?,70?,71?,72-,73?,74?,78?,79-,81?,82+,85+,86?,88?,89-,93?,94+/m1/s1/i102+2. The first-order valence-electron chi connectivity index (χ1n) is 44.9. The molecule has 12 aromatic carbocycles. The summed E-state index contributed by atoms with van der Waals surface area (Å²) >= 11 is 0. The Bertz CT molecular complexity index is 7670. The van der Waals surface area contributed by atoms with Gasteiger partial charge in [0.05, 0.1) is 17.1 Å². The molecule has 518 valence electrons. The molecule has 25 unspecified atom stereocenters. The fourth-order valence-electron chi connectivity index (χ4n) is 48.0. The molecular weight excluding hydrogens is 1340 g/mol. The van der Waals surface area contributed by atoms with Crippen LogP contribution in [0.25, 0.3) is 153 Å². The van der Waals surface area contributed by atoms with Crippen molar-refractivity contribution in [3.63, 3.8) is 0 Å². The zero-order valence-corrected chi connectivity index (χ0v) is 59.7. The molecule has 0 saturated heterocycles. The summed E-state index contributed by atoms with van der Waals surface area (Å²) in [7, 11) is 0. The van der Waals surface area contributed by atoms with E-state index >= 15 is 14.4 Å². The Hall–Kier alpha value is -8.09. The van der Waals surface area contributed by atoms with E-state index in [9.17, 15) is 15.3 Å². The van der Waals surface area contributed by atoms with E-state index in [1.165, 1.54) is 114 Å². The van der Waals surface area contributed by atoms with Gasteiger partial charge in [0.25, 0.3) is 0 Å². The smallest absolute Gasteiger partial charge is 0.336 e. The summed E-state index contributed by atoms with van der Waals surface area (Å²) in [5.41, 5.74) is 26.0. The highest BCUT2D eigenvalue weighted by Gasteiger charge is 2.89. The molecule has 0 amide bonds. The number of hydrogen-bond donors (Lipinski definition) is 3. The quantitative estimate of drug-likeness (QED) is 0.120. The molecule has 6 nitrogen and oxygen atoms in total. The van der Waals surface area contributed by atoms with Crippen LogP contribution in [0.2, 0.25) is 0 Å². The summed E-state index contributed by atoms with van der Waals surface area (Å²) in [4.78, 5) is 47.4. The average molecular weight is 1410 g/mol. The number of carboxylic acids is 3. The van der Waals surface area contributed by atoms with E-state index in [-0.39, 0.29) is 41.4 Å². The Labute approximate surface area is 621 Å². The number of allylic oxidation sites excluding steroid dienone is 9. The molecule has 0 radical (unpaired) electrons. The van der Waals surface area contributed by atoms with E-state index in [0.717, 1.165) is 92.7 Å². The first kappa shape index (κ1) is 50.7. The monoisotopic (exact) mass is 1400 g/mol. The van der Waals surface area contributed by atoms with E-state index in [1.54, 1.807) is 93.2 Å². The van der Waals surface area contributed by atoms with Crippen molar-refractivity contribution in [1.82, 2.24) is 0 Å². The lowest BCUT2D eigenvalue weighted by Gasteiger charge is -2.88. The van der Waals surface area contributed by atoms with Gasteiger partial charge >= 0.3 is 17.9 Å². The Morgan fingerprint density at radius 3 is 1.41 bits per heavy atom. The number of rotatable bonds is 3. The van der Waals surface area contributed by atoms with Crippen molar-refractivity contribution in [2.45, 2.75) is 75.0 Å². The van der Waals surface area contributed by atoms with E-state index in [4.69, 9.17) is 0 Å². The van der Waals surface area contributed by atoms with Crippen LogP contribution >= 0.6 is 0 Å². The second kappa shape index (κ2) is 13.7. The molecule has 12 aromatic rings. The number of carboxylic acid groups (broad SMARTS) is 3.